The average Bonchev–Trinajstić information content (AvgIpc) is 2.82. The highest BCUT2D eigenvalue weighted by atomic mass is 16.2. The fraction of sp³-hybridized carbons (Fsp3) is 0.550. The van der Waals surface area contributed by atoms with E-state index in [0.717, 1.165) is 43.7 Å². The van der Waals surface area contributed by atoms with Crippen molar-refractivity contribution in [3.8, 4) is 0 Å². The molecular weight excluding hydrogens is 344 g/mol. The summed E-state index contributed by atoms with van der Waals surface area (Å²) >= 11 is 0. The quantitative estimate of drug-likeness (QED) is 0.763. The number of piperidine rings is 1. The van der Waals surface area contributed by atoms with Crippen molar-refractivity contribution in [2.75, 3.05) is 19.6 Å². The Morgan fingerprint density at radius 2 is 2.00 bits per heavy atom. The molecule has 3 aliphatic heterocycles. The SMILES string of the molecule is CC1CCNCCN1Cc1ccc2c(c1)C(=O)N(C1CCC(=O)NC1=O)C2. The molecule has 0 radical (unpaired) electrons. The van der Waals surface area contributed by atoms with E-state index >= 15 is 0 Å². The van der Waals surface area contributed by atoms with Crippen LogP contribution >= 0.6 is 0 Å². The van der Waals surface area contributed by atoms with Crippen LogP contribution in [0, 0.1) is 0 Å². The van der Waals surface area contributed by atoms with Crippen LogP contribution in [0.2, 0.25) is 0 Å². The molecule has 0 bridgehead atoms. The fourth-order valence-corrected chi connectivity index (χ4v) is 4.23. The second-order valence-electron chi connectivity index (χ2n) is 7.75. The van der Waals surface area contributed by atoms with Crippen molar-refractivity contribution in [1.29, 1.82) is 0 Å². The predicted octanol–water partition coefficient (Wildman–Crippen LogP) is 0.631. The first-order chi connectivity index (χ1) is 13.0. The summed E-state index contributed by atoms with van der Waals surface area (Å²) in [7, 11) is 0. The summed E-state index contributed by atoms with van der Waals surface area (Å²) in [5, 5.41) is 5.77. The van der Waals surface area contributed by atoms with E-state index in [1.165, 1.54) is 0 Å². The predicted molar refractivity (Wildman–Crippen MR) is 99.8 cm³/mol. The third-order valence-electron chi connectivity index (χ3n) is 5.92. The van der Waals surface area contributed by atoms with Gasteiger partial charge in [-0.2, -0.15) is 0 Å². The van der Waals surface area contributed by atoms with Crippen LogP contribution in [-0.2, 0) is 22.7 Å². The van der Waals surface area contributed by atoms with Gasteiger partial charge in [0.15, 0.2) is 0 Å². The van der Waals surface area contributed by atoms with Gasteiger partial charge in [-0.1, -0.05) is 12.1 Å². The van der Waals surface area contributed by atoms with Gasteiger partial charge in [0.2, 0.25) is 11.8 Å². The van der Waals surface area contributed by atoms with Gasteiger partial charge in [-0.3, -0.25) is 24.6 Å². The normalized spacial score (nSPS) is 26.7. The topological polar surface area (TPSA) is 81.8 Å². The number of carbonyl (C=O) groups is 3. The van der Waals surface area contributed by atoms with Gasteiger partial charge in [0, 0.05) is 44.2 Å². The summed E-state index contributed by atoms with van der Waals surface area (Å²) in [5.74, 6) is -0.728. The molecule has 7 heteroatoms. The molecule has 1 aromatic rings. The molecule has 4 rings (SSSR count). The summed E-state index contributed by atoms with van der Waals surface area (Å²) in [4.78, 5) is 40.5. The first-order valence-electron chi connectivity index (χ1n) is 9.74. The minimum absolute atomic E-state index is 0.105. The van der Waals surface area contributed by atoms with Gasteiger partial charge in [-0.15, -0.1) is 0 Å². The van der Waals surface area contributed by atoms with Crippen LogP contribution in [0.25, 0.3) is 0 Å². The third kappa shape index (κ3) is 3.61. The molecule has 2 N–H and O–H groups in total. The number of nitrogens with zero attached hydrogens (tertiary/aromatic N) is 2. The Morgan fingerprint density at radius 3 is 2.81 bits per heavy atom. The van der Waals surface area contributed by atoms with E-state index in [1.54, 1.807) is 4.90 Å². The number of hydrogen-bond donors (Lipinski definition) is 2. The Hall–Kier alpha value is -2.25. The van der Waals surface area contributed by atoms with Crippen molar-refractivity contribution in [2.45, 2.75) is 51.4 Å². The van der Waals surface area contributed by atoms with E-state index in [1.807, 2.05) is 12.1 Å². The maximum absolute atomic E-state index is 12.9. The highest BCUT2D eigenvalue weighted by Gasteiger charge is 2.39. The minimum atomic E-state index is -0.553. The number of hydrogen-bond acceptors (Lipinski definition) is 5. The van der Waals surface area contributed by atoms with Crippen molar-refractivity contribution in [3.05, 3.63) is 34.9 Å². The van der Waals surface area contributed by atoms with E-state index < -0.39 is 6.04 Å². The smallest absolute Gasteiger partial charge is 0.255 e. The molecule has 0 aromatic heterocycles. The van der Waals surface area contributed by atoms with Gasteiger partial charge in [0.1, 0.15) is 6.04 Å². The molecule has 3 amide bonds. The van der Waals surface area contributed by atoms with Gasteiger partial charge in [-0.05, 0) is 43.5 Å². The maximum Gasteiger partial charge on any atom is 0.255 e. The van der Waals surface area contributed by atoms with E-state index in [4.69, 9.17) is 0 Å². The number of imide groups is 1. The lowest BCUT2D eigenvalue weighted by molar-refractivity contribution is -0.136. The van der Waals surface area contributed by atoms with Gasteiger partial charge in [0.25, 0.3) is 5.91 Å². The lowest BCUT2D eigenvalue weighted by atomic mass is 10.0. The molecule has 2 atom stereocenters. The zero-order chi connectivity index (χ0) is 19.0. The van der Waals surface area contributed by atoms with E-state index in [9.17, 15) is 14.4 Å². The molecule has 1 aromatic carbocycles. The molecule has 3 heterocycles. The Balaban J connectivity index is 1.49. The minimum Gasteiger partial charge on any atom is -0.322 e. The van der Waals surface area contributed by atoms with Crippen LogP contribution in [0.5, 0.6) is 0 Å². The summed E-state index contributed by atoms with van der Waals surface area (Å²) in [5.41, 5.74) is 2.78. The summed E-state index contributed by atoms with van der Waals surface area (Å²) in [6.45, 7) is 6.52. The van der Waals surface area contributed by atoms with Crippen LogP contribution in [-0.4, -0.2) is 59.2 Å². The number of nitrogens with one attached hydrogen (secondary N) is 2. The number of benzene rings is 1. The molecule has 2 saturated heterocycles. The average molecular weight is 370 g/mol. The van der Waals surface area contributed by atoms with Gasteiger partial charge in [0.05, 0.1) is 0 Å². The highest BCUT2D eigenvalue weighted by molar-refractivity contribution is 6.05. The lowest BCUT2D eigenvalue weighted by Crippen LogP contribution is -2.52. The molecule has 2 unspecified atom stereocenters. The molecule has 27 heavy (non-hydrogen) atoms. The maximum atomic E-state index is 12.9. The largest absolute Gasteiger partial charge is 0.322 e. The first kappa shape index (κ1) is 18.1. The van der Waals surface area contributed by atoms with E-state index in [0.29, 0.717) is 24.6 Å². The van der Waals surface area contributed by atoms with Crippen LogP contribution in [0.15, 0.2) is 18.2 Å². The van der Waals surface area contributed by atoms with Crippen molar-refractivity contribution in [1.82, 2.24) is 20.4 Å². The number of rotatable bonds is 3. The molecule has 7 nitrogen and oxygen atoms in total. The molecular formula is C20H26N4O3. The molecule has 0 saturated carbocycles. The van der Waals surface area contributed by atoms with Crippen LogP contribution in [0.1, 0.15) is 47.7 Å². The molecule has 0 spiro atoms. The summed E-state index contributed by atoms with van der Waals surface area (Å²) in [6.07, 6.45) is 1.80. The lowest BCUT2D eigenvalue weighted by Gasteiger charge is -2.29. The number of fused-ring (bicyclic) bond motifs is 1. The second-order valence-corrected chi connectivity index (χ2v) is 7.75. The monoisotopic (exact) mass is 370 g/mol. The molecule has 0 aliphatic carbocycles. The van der Waals surface area contributed by atoms with Crippen molar-refractivity contribution in [2.24, 2.45) is 0 Å². The standard InChI is InChI=1S/C20H26N4O3/c1-13-6-7-21-8-9-23(13)11-14-2-3-15-12-24(20(27)16(15)10-14)17-4-5-18(25)22-19(17)26/h2-3,10,13,17,21H,4-9,11-12H2,1H3,(H,22,25,26). The van der Waals surface area contributed by atoms with Crippen molar-refractivity contribution >= 4 is 17.7 Å². The number of carbonyl (C=O) groups excluding carboxylic acids is 3. The third-order valence-corrected chi connectivity index (χ3v) is 5.92. The Morgan fingerprint density at radius 1 is 1.15 bits per heavy atom. The summed E-state index contributed by atoms with van der Waals surface area (Å²) in [6, 6.07) is 6.03. The van der Waals surface area contributed by atoms with Crippen molar-refractivity contribution < 1.29 is 14.4 Å². The first-order valence-corrected chi connectivity index (χ1v) is 9.74. The van der Waals surface area contributed by atoms with E-state index in [-0.39, 0.29) is 24.1 Å². The van der Waals surface area contributed by atoms with Crippen LogP contribution < -0.4 is 10.6 Å². The fourth-order valence-electron chi connectivity index (χ4n) is 4.23. The Labute approximate surface area is 159 Å². The molecule has 144 valence electrons. The van der Waals surface area contributed by atoms with E-state index in [2.05, 4.69) is 28.5 Å². The molecule has 3 aliphatic rings. The molecule has 2 fully saturated rings. The Bertz CT molecular complexity index is 778. The zero-order valence-electron chi connectivity index (χ0n) is 15.7. The highest BCUT2D eigenvalue weighted by Crippen LogP contribution is 2.28. The van der Waals surface area contributed by atoms with Gasteiger partial charge in [-0.25, -0.2) is 0 Å². The number of amides is 3. The summed E-state index contributed by atoms with van der Waals surface area (Å²) < 4.78 is 0. The van der Waals surface area contributed by atoms with Crippen molar-refractivity contribution in [3.63, 3.8) is 0 Å². The zero-order valence-corrected chi connectivity index (χ0v) is 15.7. The Kier molecular flexibility index (Phi) is 4.97. The van der Waals surface area contributed by atoms with Crippen LogP contribution in [0.4, 0.5) is 0 Å². The van der Waals surface area contributed by atoms with Gasteiger partial charge >= 0.3 is 0 Å². The van der Waals surface area contributed by atoms with Crippen LogP contribution in [0.3, 0.4) is 0 Å². The van der Waals surface area contributed by atoms with Gasteiger partial charge < -0.3 is 10.2 Å². The second kappa shape index (κ2) is 7.40.